The first-order valence-corrected chi connectivity index (χ1v) is 13.1. The van der Waals surface area contributed by atoms with Crippen molar-refractivity contribution in [3.63, 3.8) is 0 Å². The number of benzene rings is 2. The molecule has 33 heavy (non-hydrogen) atoms. The molecule has 0 fully saturated rings. The van der Waals surface area contributed by atoms with Gasteiger partial charge in [0.25, 0.3) is 0 Å². The zero-order valence-corrected chi connectivity index (χ0v) is 21.3. The number of anilines is 1. The molecule has 2 aromatic carbocycles. The maximum atomic E-state index is 13.6. The van der Waals surface area contributed by atoms with Crippen molar-refractivity contribution in [1.29, 1.82) is 0 Å². The smallest absolute Gasteiger partial charge is 0.244 e. The summed E-state index contributed by atoms with van der Waals surface area (Å²) in [6.45, 7) is 7.50. The minimum absolute atomic E-state index is 0.149. The fourth-order valence-electron chi connectivity index (χ4n) is 3.60. The minimum atomic E-state index is -3.76. The van der Waals surface area contributed by atoms with Gasteiger partial charge in [-0.2, -0.15) is 0 Å². The van der Waals surface area contributed by atoms with Crippen molar-refractivity contribution in [2.45, 2.75) is 46.7 Å². The van der Waals surface area contributed by atoms with Crippen molar-refractivity contribution in [3.05, 3.63) is 64.2 Å². The van der Waals surface area contributed by atoms with Gasteiger partial charge in [-0.15, -0.1) is 0 Å². The Kier molecular flexibility index (Phi) is 9.31. The Morgan fingerprint density at radius 3 is 2.24 bits per heavy atom. The molecule has 7 nitrogen and oxygen atoms in total. The van der Waals surface area contributed by atoms with Crippen molar-refractivity contribution in [3.8, 4) is 0 Å². The van der Waals surface area contributed by atoms with Crippen molar-refractivity contribution in [1.82, 2.24) is 10.2 Å². The van der Waals surface area contributed by atoms with Crippen molar-refractivity contribution < 1.29 is 18.0 Å². The van der Waals surface area contributed by atoms with Crippen LogP contribution in [0.3, 0.4) is 0 Å². The summed E-state index contributed by atoms with van der Waals surface area (Å²) in [4.78, 5) is 27.8. The molecule has 0 aliphatic heterocycles. The number of rotatable bonds is 10. The molecule has 2 amide bonds. The van der Waals surface area contributed by atoms with E-state index >= 15 is 0 Å². The fourth-order valence-corrected chi connectivity index (χ4v) is 4.62. The van der Waals surface area contributed by atoms with Gasteiger partial charge in [0, 0.05) is 18.1 Å². The number of halogens is 1. The van der Waals surface area contributed by atoms with Gasteiger partial charge in [-0.1, -0.05) is 42.8 Å². The molecule has 0 aromatic heterocycles. The first kappa shape index (κ1) is 26.7. The molecule has 0 unspecified atom stereocenters. The molecule has 1 N–H and O–H groups in total. The number of likely N-dealkylation sites (N-methyl/N-ethyl adjacent to an activating group) is 1. The molecule has 0 aliphatic carbocycles. The van der Waals surface area contributed by atoms with Gasteiger partial charge in [0.15, 0.2) is 0 Å². The highest BCUT2D eigenvalue weighted by Crippen LogP contribution is 2.25. The Morgan fingerprint density at radius 1 is 1.06 bits per heavy atom. The van der Waals surface area contributed by atoms with Gasteiger partial charge in [0.1, 0.15) is 12.6 Å². The first-order valence-electron chi connectivity index (χ1n) is 10.8. The molecule has 0 bridgehead atoms. The number of hydrogen-bond acceptors (Lipinski definition) is 4. The Hall–Kier alpha value is -2.58. The van der Waals surface area contributed by atoms with E-state index in [-0.39, 0.29) is 12.5 Å². The molecule has 9 heteroatoms. The molecular formula is C24H32ClN3O4S. The van der Waals surface area contributed by atoms with Crippen LogP contribution in [-0.2, 0) is 26.2 Å². The summed E-state index contributed by atoms with van der Waals surface area (Å²) < 4.78 is 26.5. The molecule has 180 valence electrons. The Bertz CT molecular complexity index is 1090. The second kappa shape index (κ2) is 11.5. The molecule has 0 spiro atoms. The average Bonchev–Trinajstić information content (AvgIpc) is 2.75. The van der Waals surface area contributed by atoms with E-state index < -0.39 is 28.5 Å². The number of sulfonamides is 1. The topological polar surface area (TPSA) is 86.8 Å². The van der Waals surface area contributed by atoms with E-state index in [0.717, 1.165) is 27.3 Å². The fraction of sp³-hybridized carbons (Fsp3) is 0.417. The van der Waals surface area contributed by atoms with Crippen molar-refractivity contribution in [2.24, 2.45) is 0 Å². The van der Waals surface area contributed by atoms with E-state index in [4.69, 9.17) is 11.6 Å². The number of carbonyl (C=O) groups is 2. The molecule has 0 heterocycles. The standard InChI is InChI=1S/C24H32ClN3O4S/c1-6-21(24(30)26-7-2)27(15-19-11-13-20(25)14-12-19)23(29)16-28(33(5,31)32)22-10-8-9-17(3)18(22)4/h8-14,21H,6-7,15-16H2,1-5H3,(H,26,30)/t21-/m0/s1. The summed E-state index contributed by atoms with van der Waals surface area (Å²) in [6, 6.07) is 11.6. The predicted octanol–water partition coefficient (Wildman–Crippen LogP) is 3.67. The summed E-state index contributed by atoms with van der Waals surface area (Å²) in [5.74, 6) is -0.741. The molecule has 0 aliphatic rings. The lowest BCUT2D eigenvalue weighted by molar-refractivity contribution is -0.140. The SMILES string of the molecule is CCNC(=O)[C@H](CC)N(Cc1ccc(Cl)cc1)C(=O)CN(c1cccc(C)c1C)S(C)(=O)=O. The number of carbonyl (C=O) groups excluding carboxylic acids is 2. The Balaban J connectivity index is 2.47. The maximum Gasteiger partial charge on any atom is 0.244 e. The summed E-state index contributed by atoms with van der Waals surface area (Å²) in [5.41, 5.74) is 2.92. The molecule has 0 saturated heterocycles. The lowest BCUT2D eigenvalue weighted by Crippen LogP contribution is -2.52. The highest BCUT2D eigenvalue weighted by atomic mass is 35.5. The highest BCUT2D eigenvalue weighted by Gasteiger charge is 2.32. The predicted molar refractivity (Wildman–Crippen MR) is 133 cm³/mol. The van der Waals surface area contributed by atoms with Gasteiger partial charge < -0.3 is 10.2 Å². The molecule has 0 radical (unpaired) electrons. The van der Waals surface area contributed by atoms with Crippen LogP contribution in [0, 0.1) is 13.8 Å². The maximum absolute atomic E-state index is 13.6. The molecule has 1 atom stereocenters. The van der Waals surface area contributed by atoms with Crippen molar-refractivity contribution in [2.75, 3.05) is 23.7 Å². The van der Waals surface area contributed by atoms with E-state index in [1.54, 1.807) is 36.4 Å². The highest BCUT2D eigenvalue weighted by molar-refractivity contribution is 7.92. The molecule has 2 aromatic rings. The normalized spacial score (nSPS) is 12.2. The summed E-state index contributed by atoms with van der Waals surface area (Å²) in [5, 5.41) is 3.33. The van der Waals surface area contributed by atoms with Crippen LogP contribution in [0.25, 0.3) is 0 Å². The van der Waals surface area contributed by atoms with Crippen LogP contribution in [0.15, 0.2) is 42.5 Å². The second-order valence-electron chi connectivity index (χ2n) is 7.96. The van der Waals surface area contributed by atoms with Gasteiger partial charge in [-0.05, 0) is 62.1 Å². The largest absolute Gasteiger partial charge is 0.355 e. The number of nitrogens with zero attached hydrogens (tertiary/aromatic N) is 2. The van der Waals surface area contributed by atoms with Crippen LogP contribution >= 0.6 is 11.6 Å². The lowest BCUT2D eigenvalue weighted by atomic mass is 10.1. The van der Waals surface area contributed by atoms with E-state index in [1.807, 2.05) is 33.8 Å². The van der Waals surface area contributed by atoms with E-state index in [2.05, 4.69) is 5.32 Å². The lowest BCUT2D eigenvalue weighted by Gasteiger charge is -2.33. The number of hydrogen-bond donors (Lipinski definition) is 1. The van der Waals surface area contributed by atoms with Crippen molar-refractivity contribution >= 4 is 39.1 Å². The van der Waals surface area contributed by atoms with Crippen LogP contribution in [0.1, 0.15) is 37.0 Å². The van der Waals surface area contributed by atoms with E-state index in [9.17, 15) is 18.0 Å². The third-order valence-corrected chi connectivity index (χ3v) is 6.91. The number of aryl methyl sites for hydroxylation is 1. The third-order valence-electron chi connectivity index (χ3n) is 5.53. The second-order valence-corrected chi connectivity index (χ2v) is 10.3. The van der Waals surface area contributed by atoms with Crippen LogP contribution in [0.5, 0.6) is 0 Å². The quantitative estimate of drug-likeness (QED) is 0.547. The Morgan fingerprint density at radius 2 is 1.70 bits per heavy atom. The van der Waals surface area contributed by atoms with E-state index in [0.29, 0.717) is 23.7 Å². The average molecular weight is 494 g/mol. The minimum Gasteiger partial charge on any atom is -0.355 e. The summed E-state index contributed by atoms with van der Waals surface area (Å²) in [6.07, 6.45) is 1.46. The number of nitrogens with one attached hydrogen (secondary N) is 1. The van der Waals surface area contributed by atoms with Crippen LogP contribution in [0.4, 0.5) is 5.69 Å². The van der Waals surface area contributed by atoms with Crippen LogP contribution < -0.4 is 9.62 Å². The zero-order chi connectivity index (χ0) is 24.8. The molecule has 2 rings (SSSR count). The summed E-state index contributed by atoms with van der Waals surface area (Å²) in [7, 11) is -3.76. The summed E-state index contributed by atoms with van der Waals surface area (Å²) >= 11 is 5.99. The zero-order valence-electron chi connectivity index (χ0n) is 19.8. The van der Waals surface area contributed by atoms with Gasteiger partial charge in [0.2, 0.25) is 21.8 Å². The Labute approximate surface area is 201 Å². The van der Waals surface area contributed by atoms with Crippen LogP contribution in [-0.4, -0.2) is 50.5 Å². The van der Waals surface area contributed by atoms with Gasteiger partial charge in [-0.3, -0.25) is 13.9 Å². The van der Waals surface area contributed by atoms with E-state index in [1.165, 1.54) is 4.90 Å². The van der Waals surface area contributed by atoms with Gasteiger partial charge in [-0.25, -0.2) is 8.42 Å². The van der Waals surface area contributed by atoms with Gasteiger partial charge >= 0.3 is 0 Å². The first-order chi connectivity index (χ1) is 15.5. The monoisotopic (exact) mass is 493 g/mol. The molecule has 0 saturated carbocycles. The van der Waals surface area contributed by atoms with Crippen LogP contribution in [0.2, 0.25) is 5.02 Å². The number of amides is 2. The molecular weight excluding hydrogens is 462 g/mol. The third kappa shape index (κ3) is 6.95. The van der Waals surface area contributed by atoms with Gasteiger partial charge in [0.05, 0.1) is 11.9 Å².